The molecule has 8 nitrogen and oxygen atoms in total. The number of aryl methyl sites for hydroxylation is 1. The van der Waals surface area contributed by atoms with Crippen molar-refractivity contribution >= 4 is 39.0 Å². The van der Waals surface area contributed by atoms with E-state index in [1.54, 1.807) is 28.5 Å². The standard InChI is InChI=1S/C21H21N7OS/c1-14-25-17-10-16(5-6-18(17)30-14)26-21(29)15-4-2-8-27(12-15)19-11-20(23-13-22-19)28-9-3-7-24-28/h3,5-7,9-11,13,15H,2,4,8,12H2,1H3,(H,26,29). The number of benzene rings is 1. The molecule has 4 aromatic rings. The fourth-order valence-corrected chi connectivity index (χ4v) is 4.61. The van der Waals surface area contributed by atoms with Crippen molar-refractivity contribution < 1.29 is 4.79 Å². The minimum absolute atomic E-state index is 0.0346. The lowest BCUT2D eigenvalue weighted by atomic mass is 9.97. The van der Waals surface area contributed by atoms with E-state index in [0.717, 1.165) is 46.1 Å². The van der Waals surface area contributed by atoms with Gasteiger partial charge in [-0.15, -0.1) is 11.3 Å². The summed E-state index contributed by atoms with van der Waals surface area (Å²) in [5.74, 6) is 1.46. The summed E-state index contributed by atoms with van der Waals surface area (Å²) in [7, 11) is 0. The smallest absolute Gasteiger partial charge is 0.229 e. The van der Waals surface area contributed by atoms with E-state index in [-0.39, 0.29) is 11.8 Å². The zero-order chi connectivity index (χ0) is 20.5. The second kappa shape index (κ2) is 7.83. The van der Waals surface area contributed by atoms with Crippen LogP contribution >= 0.6 is 11.3 Å². The molecular formula is C21H21N7OS. The Bertz CT molecular complexity index is 1190. The number of nitrogens with zero attached hydrogens (tertiary/aromatic N) is 6. The molecule has 1 aliphatic rings. The van der Waals surface area contributed by atoms with Crippen LogP contribution in [0, 0.1) is 12.8 Å². The molecule has 1 aromatic carbocycles. The fraction of sp³-hybridized carbons (Fsp3) is 0.286. The van der Waals surface area contributed by atoms with Crippen LogP contribution in [0.1, 0.15) is 17.8 Å². The highest BCUT2D eigenvalue weighted by molar-refractivity contribution is 7.18. The molecule has 5 rings (SSSR count). The predicted octanol–water partition coefficient (Wildman–Crippen LogP) is 3.44. The van der Waals surface area contributed by atoms with E-state index in [9.17, 15) is 4.79 Å². The summed E-state index contributed by atoms with van der Waals surface area (Å²) < 4.78 is 2.83. The van der Waals surface area contributed by atoms with Crippen LogP contribution in [0.15, 0.2) is 49.1 Å². The number of carbonyl (C=O) groups is 1. The summed E-state index contributed by atoms with van der Waals surface area (Å²) >= 11 is 1.66. The van der Waals surface area contributed by atoms with Crippen molar-refractivity contribution in [2.45, 2.75) is 19.8 Å². The number of carbonyl (C=O) groups excluding carboxylic acids is 1. The monoisotopic (exact) mass is 419 g/mol. The van der Waals surface area contributed by atoms with E-state index >= 15 is 0 Å². The van der Waals surface area contributed by atoms with E-state index in [1.807, 2.05) is 43.5 Å². The fourth-order valence-electron chi connectivity index (χ4n) is 3.80. The van der Waals surface area contributed by atoms with Crippen molar-refractivity contribution in [2.75, 3.05) is 23.3 Å². The lowest BCUT2D eigenvalue weighted by molar-refractivity contribution is -0.120. The third kappa shape index (κ3) is 3.76. The second-order valence-corrected chi connectivity index (χ2v) is 8.61. The average Bonchev–Trinajstić information content (AvgIpc) is 3.43. The van der Waals surface area contributed by atoms with Crippen molar-refractivity contribution in [3.8, 4) is 5.82 Å². The topological polar surface area (TPSA) is 88.8 Å². The van der Waals surface area contributed by atoms with Gasteiger partial charge < -0.3 is 10.2 Å². The van der Waals surface area contributed by atoms with Crippen LogP contribution in [0.3, 0.4) is 0 Å². The van der Waals surface area contributed by atoms with Crippen molar-refractivity contribution in [3.63, 3.8) is 0 Å². The Morgan fingerprint density at radius 3 is 3.00 bits per heavy atom. The van der Waals surface area contributed by atoms with Gasteiger partial charge in [-0.25, -0.2) is 19.6 Å². The van der Waals surface area contributed by atoms with Crippen LogP contribution in [-0.4, -0.2) is 43.7 Å². The van der Waals surface area contributed by atoms with Crippen molar-refractivity contribution in [3.05, 3.63) is 54.1 Å². The van der Waals surface area contributed by atoms with Gasteiger partial charge in [0, 0.05) is 37.2 Å². The van der Waals surface area contributed by atoms with Gasteiger partial charge in [0.25, 0.3) is 0 Å². The Hall–Kier alpha value is -3.33. The van der Waals surface area contributed by atoms with Gasteiger partial charge in [0.05, 0.1) is 21.1 Å². The minimum atomic E-state index is -0.102. The van der Waals surface area contributed by atoms with Crippen molar-refractivity contribution in [2.24, 2.45) is 5.92 Å². The van der Waals surface area contributed by atoms with E-state index in [1.165, 1.54) is 0 Å². The van der Waals surface area contributed by atoms with Crippen LogP contribution < -0.4 is 10.2 Å². The van der Waals surface area contributed by atoms with Gasteiger partial charge in [0.2, 0.25) is 5.91 Å². The third-order valence-electron chi connectivity index (χ3n) is 5.26. The first-order valence-corrected chi connectivity index (χ1v) is 10.7. The number of amides is 1. The van der Waals surface area contributed by atoms with Crippen molar-refractivity contribution in [1.82, 2.24) is 24.7 Å². The van der Waals surface area contributed by atoms with E-state index in [0.29, 0.717) is 12.4 Å². The molecule has 1 aliphatic heterocycles. The number of anilines is 2. The normalized spacial score (nSPS) is 16.7. The van der Waals surface area contributed by atoms with Gasteiger partial charge >= 0.3 is 0 Å². The summed E-state index contributed by atoms with van der Waals surface area (Å²) in [4.78, 5) is 28.3. The van der Waals surface area contributed by atoms with Gasteiger partial charge in [0.15, 0.2) is 5.82 Å². The lowest BCUT2D eigenvalue weighted by Gasteiger charge is -2.32. The van der Waals surface area contributed by atoms with Gasteiger partial charge in [-0.2, -0.15) is 5.10 Å². The Kier molecular flexibility index (Phi) is 4.88. The molecular weight excluding hydrogens is 398 g/mol. The third-order valence-corrected chi connectivity index (χ3v) is 6.21. The number of fused-ring (bicyclic) bond motifs is 1. The minimum Gasteiger partial charge on any atom is -0.356 e. The summed E-state index contributed by atoms with van der Waals surface area (Å²) in [6.07, 6.45) is 6.90. The summed E-state index contributed by atoms with van der Waals surface area (Å²) in [5.41, 5.74) is 1.71. The molecule has 0 spiro atoms. The van der Waals surface area contributed by atoms with Gasteiger partial charge in [-0.3, -0.25) is 4.79 Å². The average molecular weight is 420 g/mol. The molecule has 0 aliphatic carbocycles. The molecule has 3 aromatic heterocycles. The number of aromatic nitrogens is 5. The van der Waals surface area contributed by atoms with Gasteiger partial charge in [-0.1, -0.05) is 0 Å². The van der Waals surface area contributed by atoms with Crippen LogP contribution in [0.5, 0.6) is 0 Å². The SMILES string of the molecule is Cc1nc2cc(NC(=O)C3CCCN(c4cc(-n5cccn5)ncn4)C3)ccc2s1. The Labute approximate surface area is 177 Å². The zero-order valence-electron chi connectivity index (χ0n) is 16.5. The van der Waals surface area contributed by atoms with Crippen LogP contribution in [0.2, 0.25) is 0 Å². The van der Waals surface area contributed by atoms with Gasteiger partial charge in [0.1, 0.15) is 12.1 Å². The molecule has 30 heavy (non-hydrogen) atoms. The molecule has 0 radical (unpaired) electrons. The second-order valence-electron chi connectivity index (χ2n) is 7.37. The van der Waals surface area contributed by atoms with Crippen LogP contribution in [-0.2, 0) is 4.79 Å². The number of hydrogen-bond donors (Lipinski definition) is 1. The number of rotatable bonds is 4. The highest BCUT2D eigenvalue weighted by Crippen LogP contribution is 2.26. The van der Waals surface area contributed by atoms with Gasteiger partial charge in [-0.05, 0) is 44.0 Å². The Balaban J connectivity index is 1.30. The number of piperidine rings is 1. The molecule has 1 atom stereocenters. The van der Waals surface area contributed by atoms with E-state index < -0.39 is 0 Å². The molecule has 1 unspecified atom stereocenters. The summed E-state index contributed by atoms with van der Waals surface area (Å²) in [6.45, 7) is 3.48. The molecule has 4 heterocycles. The lowest BCUT2D eigenvalue weighted by Crippen LogP contribution is -2.41. The molecule has 9 heteroatoms. The van der Waals surface area contributed by atoms with Crippen LogP contribution in [0.25, 0.3) is 16.0 Å². The molecule has 152 valence electrons. The Morgan fingerprint density at radius 1 is 1.23 bits per heavy atom. The number of nitrogens with one attached hydrogen (secondary N) is 1. The molecule has 1 saturated heterocycles. The molecule has 1 N–H and O–H groups in total. The summed E-state index contributed by atoms with van der Waals surface area (Å²) in [6, 6.07) is 9.66. The quantitative estimate of drug-likeness (QED) is 0.545. The molecule has 0 bridgehead atoms. The summed E-state index contributed by atoms with van der Waals surface area (Å²) in [5, 5.41) is 8.32. The van der Waals surface area contributed by atoms with Crippen molar-refractivity contribution in [1.29, 1.82) is 0 Å². The number of hydrogen-bond acceptors (Lipinski definition) is 7. The van der Waals surface area contributed by atoms with E-state index in [4.69, 9.17) is 0 Å². The largest absolute Gasteiger partial charge is 0.356 e. The highest BCUT2D eigenvalue weighted by atomic mass is 32.1. The predicted molar refractivity (Wildman–Crippen MR) is 117 cm³/mol. The maximum absolute atomic E-state index is 12.9. The maximum atomic E-state index is 12.9. The zero-order valence-corrected chi connectivity index (χ0v) is 17.3. The molecule has 1 amide bonds. The van der Waals surface area contributed by atoms with E-state index in [2.05, 4.69) is 30.3 Å². The first kappa shape index (κ1) is 18.7. The molecule has 1 fully saturated rings. The Morgan fingerprint density at radius 2 is 2.13 bits per heavy atom. The first-order valence-electron chi connectivity index (χ1n) is 9.91. The molecule has 0 saturated carbocycles. The number of thiazole rings is 1. The maximum Gasteiger partial charge on any atom is 0.229 e. The highest BCUT2D eigenvalue weighted by Gasteiger charge is 2.27. The van der Waals surface area contributed by atoms with Crippen LogP contribution in [0.4, 0.5) is 11.5 Å². The first-order chi connectivity index (χ1) is 14.7.